The van der Waals surface area contributed by atoms with Gasteiger partial charge in [-0.25, -0.2) is 0 Å². The lowest BCUT2D eigenvalue weighted by Crippen LogP contribution is -2.09. The highest BCUT2D eigenvalue weighted by Crippen LogP contribution is 2.28. The van der Waals surface area contributed by atoms with E-state index in [9.17, 15) is 0 Å². The molecule has 0 amide bonds. The molecule has 3 rings (SSSR count). The normalized spacial score (nSPS) is 11.2. The molecule has 0 saturated carbocycles. The van der Waals surface area contributed by atoms with Gasteiger partial charge in [0.05, 0.1) is 0 Å². The smallest absolute Gasteiger partial charge is 0.0408 e. The molecular formula is C24H23N. The summed E-state index contributed by atoms with van der Waals surface area (Å²) in [5, 5.41) is 0. The summed E-state index contributed by atoms with van der Waals surface area (Å²) in [5.41, 5.74) is 7.15. The van der Waals surface area contributed by atoms with E-state index < -0.39 is 0 Å². The fraction of sp³-hybridized carbons (Fsp3) is 0.0833. The van der Waals surface area contributed by atoms with Crippen molar-refractivity contribution in [3.05, 3.63) is 103 Å². The third-order valence-corrected chi connectivity index (χ3v) is 4.48. The Bertz CT molecular complexity index is 856. The standard InChI is InChI=1S/C24H23N/c1-4-19(5-2)21-11-15-23(16-12-21)25(3)24-17-13-22(14-18-24)20-9-7-6-8-10-20/h4-18H,1H2,2-3H3/b19-5+. The lowest BCUT2D eigenvalue weighted by Gasteiger charge is -2.20. The first-order valence-electron chi connectivity index (χ1n) is 8.51. The molecule has 3 aromatic rings. The van der Waals surface area contributed by atoms with Crippen LogP contribution in [-0.4, -0.2) is 7.05 Å². The number of nitrogens with zero attached hydrogens (tertiary/aromatic N) is 1. The van der Waals surface area contributed by atoms with Gasteiger partial charge >= 0.3 is 0 Å². The molecule has 0 saturated heterocycles. The summed E-state index contributed by atoms with van der Waals surface area (Å²) in [7, 11) is 2.09. The molecule has 0 unspecified atom stereocenters. The van der Waals surface area contributed by atoms with E-state index in [2.05, 4.69) is 97.4 Å². The van der Waals surface area contributed by atoms with Crippen molar-refractivity contribution in [1.82, 2.24) is 0 Å². The Labute approximate surface area is 150 Å². The largest absolute Gasteiger partial charge is 0.345 e. The van der Waals surface area contributed by atoms with Crippen LogP contribution >= 0.6 is 0 Å². The molecule has 0 radical (unpaired) electrons. The van der Waals surface area contributed by atoms with E-state index >= 15 is 0 Å². The molecule has 1 nitrogen and oxygen atoms in total. The van der Waals surface area contributed by atoms with Crippen LogP contribution in [0.4, 0.5) is 11.4 Å². The van der Waals surface area contributed by atoms with Crippen molar-refractivity contribution in [2.24, 2.45) is 0 Å². The Morgan fingerprint density at radius 1 is 0.760 bits per heavy atom. The lowest BCUT2D eigenvalue weighted by molar-refractivity contribution is 1.21. The summed E-state index contributed by atoms with van der Waals surface area (Å²) >= 11 is 0. The minimum absolute atomic E-state index is 1.15. The average Bonchev–Trinajstić information content (AvgIpc) is 2.70. The Balaban J connectivity index is 1.81. The molecule has 1 heteroatoms. The predicted octanol–water partition coefficient (Wildman–Crippen LogP) is 6.71. The summed E-state index contributed by atoms with van der Waals surface area (Å²) in [4.78, 5) is 2.20. The van der Waals surface area contributed by atoms with Crippen molar-refractivity contribution < 1.29 is 0 Å². The third kappa shape index (κ3) is 3.72. The Kier molecular flexibility index (Phi) is 5.15. The molecule has 124 valence electrons. The van der Waals surface area contributed by atoms with Crippen LogP contribution in [-0.2, 0) is 0 Å². The second kappa shape index (κ2) is 7.67. The highest BCUT2D eigenvalue weighted by molar-refractivity contribution is 5.75. The first-order valence-corrected chi connectivity index (χ1v) is 8.51. The first-order chi connectivity index (χ1) is 12.2. The van der Waals surface area contributed by atoms with Gasteiger partial charge in [0.15, 0.2) is 0 Å². The van der Waals surface area contributed by atoms with Gasteiger partial charge in [-0.2, -0.15) is 0 Å². The van der Waals surface area contributed by atoms with Crippen LogP contribution in [0.5, 0.6) is 0 Å². The van der Waals surface area contributed by atoms with E-state index in [1.54, 1.807) is 0 Å². The maximum absolute atomic E-state index is 3.87. The van der Waals surface area contributed by atoms with Crippen molar-refractivity contribution in [2.75, 3.05) is 11.9 Å². The van der Waals surface area contributed by atoms with Gasteiger partial charge in [0.1, 0.15) is 0 Å². The van der Waals surface area contributed by atoms with E-state index in [0.717, 1.165) is 11.3 Å². The van der Waals surface area contributed by atoms with Crippen LogP contribution in [0.1, 0.15) is 12.5 Å². The van der Waals surface area contributed by atoms with E-state index in [1.807, 2.05) is 19.1 Å². The predicted molar refractivity (Wildman–Crippen MR) is 110 cm³/mol. The van der Waals surface area contributed by atoms with Gasteiger partial charge in [-0.15, -0.1) is 0 Å². The summed E-state index contributed by atoms with van der Waals surface area (Å²) in [6.07, 6.45) is 3.97. The van der Waals surface area contributed by atoms with Crippen LogP contribution in [0.25, 0.3) is 16.7 Å². The van der Waals surface area contributed by atoms with Crippen LogP contribution in [0, 0.1) is 0 Å². The van der Waals surface area contributed by atoms with Crippen molar-refractivity contribution in [1.29, 1.82) is 0 Å². The topological polar surface area (TPSA) is 3.24 Å². The second-order valence-corrected chi connectivity index (χ2v) is 5.97. The number of hydrogen-bond donors (Lipinski definition) is 0. The van der Waals surface area contributed by atoms with E-state index in [-0.39, 0.29) is 0 Å². The highest BCUT2D eigenvalue weighted by atomic mass is 15.1. The lowest BCUT2D eigenvalue weighted by atomic mass is 10.0. The van der Waals surface area contributed by atoms with Crippen LogP contribution in [0.15, 0.2) is 97.6 Å². The molecule has 0 aliphatic rings. The molecule has 0 fully saturated rings. The van der Waals surface area contributed by atoms with Crippen molar-refractivity contribution in [2.45, 2.75) is 6.92 Å². The Morgan fingerprint density at radius 3 is 1.80 bits per heavy atom. The summed E-state index contributed by atoms with van der Waals surface area (Å²) < 4.78 is 0. The zero-order valence-corrected chi connectivity index (χ0v) is 14.8. The van der Waals surface area contributed by atoms with Gasteiger partial charge in [-0.1, -0.05) is 73.3 Å². The second-order valence-electron chi connectivity index (χ2n) is 5.97. The van der Waals surface area contributed by atoms with Crippen LogP contribution < -0.4 is 4.90 Å². The molecular weight excluding hydrogens is 302 g/mol. The molecule has 0 bridgehead atoms. The zero-order valence-electron chi connectivity index (χ0n) is 14.8. The number of benzene rings is 3. The Hall–Kier alpha value is -3.06. The van der Waals surface area contributed by atoms with Crippen molar-refractivity contribution >= 4 is 16.9 Å². The quantitative estimate of drug-likeness (QED) is 0.471. The molecule has 0 atom stereocenters. The van der Waals surface area contributed by atoms with Gasteiger partial charge in [-0.3, -0.25) is 0 Å². The Morgan fingerprint density at radius 2 is 1.28 bits per heavy atom. The number of rotatable bonds is 5. The molecule has 0 aliphatic carbocycles. The van der Waals surface area contributed by atoms with E-state index in [0.29, 0.717) is 0 Å². The molecule has 25 heavy (non-hydrogen) atoms. The van der Waals surface area contributed by atoms with Crippen molar-refractivity contribution in [3.8, 4) is 11.1 Å². The minimum Gasteiger partial charge on any atom is -0.345 e. The molecule has 0 aromatic heterocycles. The molecule has 0 heterocycles. The highest BCUT2D eigenvalue weighted by Gasteiger charge is 2.05. The van der Waals surface area contributed by atoms with Gasteiger partial charge < -0.3 is 4.90 Å². The fourth-order valence-corrected chi connectivity index (χ4v) is 2.94. The SMILES string of the molecule is C=C/C(=C\C)c1ccc(N(C)c2ccc(-c3ccccc3)cc2)cc1. The van der Waals surface area contributed by atoms with Gasteiger partial charge in [0, 0.05) is 18.4 Å². The van der Waals surface area contributed by atoms with E-state index in [1.165, 1.54) is 22.4 Å². The van der Waals surface area contributed by atoms with Crippen molar-refractivity contribution in [3.63, 3.8) is 0 Å². The van der Waals surface area contributed by atoms with Crippen LogP contribution in [0.2, 0.25) is 0 Å². The molecule has 0 spiro atoms. The molecule has 0 aliphatic heterocycles. The fourth-order valence-electron chi connectivity index (χ4n) is 2.94. The third-order valence-electron chi connectivity index (χ3n) is 4.48. The molecule has 0 N–H and O–H groups in total. The summed E-state index contributed by atoms with van der Waals surface area (Å²) in [6, 6.07) is 27.7. The summed E-state index contributed by atoms with van der Waals surface area (Å²) in [5.74, 6) is 0. The maximum Gasteiger partial charge on any atom is 0.0408 e. The van der Waals surface area contributed by atoms with Gasteiger partial charge in [0.2, 0.25) is 0 Å². The number of anilines is 2. The van der Waals surface area contributed by atoms with E-state index in [4.69, 9.17) is 0 Å². The van der Waals surface area contributed by atoms with Gasteiger partial charge in [0.25, 0.3) is 0 Å². The monoisotopic (exact) mass is 325 g/mol. The maximum atomic E-state index is 3.87. The summed E-state index contributed by atoms with van der Waals surface area (Å²) in [6.45, 7) is 5.90. The first kappa shape index (κ1) is 16.8. The number of hydrogen-bond acceptors (Lipinski definition) is 1. The minimum atomic E-state index is 1.15. The zero-order chi connectivity index (χ0) is 17.6. The van der Waals surface area contributed by atoms with Gasteiger partial charge in [-0.05, 0) is 53.5 Å². The molecule has 3 aromatic carbocycles. The number of allylic oxidation sites excluding steroid dienone is 3. The average molecular weight is 325 g/mol. The van der Waals surface area contributed by atoms with Crippen LogP contribution in [0.3, 0.4) is 0 Å².